The minimum Gasteiger partial charge on any atom is -0.370 e. The van der Waals surface area contributed by atoms with Gasteiger partial charge in [-0.1, -0.05) is 12.8 Å². The number of rotatable bonds is 0. The number of Topliss-reactive ketones (excluding diaryl/α,β-unsaturated/α-hetero) is 1. The first-order valence-corrected chi connectivity index (χ1v) is 10.1. The predicted molar refractivity (Wildman–Crippen MR) is 87.5 cm³/mol. The Hall–Kier alpha value is -0.120. The molecular weight excluding hydrogens is 312 g/mol. The highest BCUT2D eigenvalue weighted by atomic mass is 35.5. The number of ketones is 1. The second-order valence-electron chi connectivity index (χ2n) is 8.54. The molecular formula is C19H27ClO3. The molecule has 0 aromatic rings. The third kappa shape index (κ3) is 2.41. The molecule has 1 saturated heterocycles. The molecule has 4 saturated carbocycles. The van der Waals surface area contributed by atoms with Crippen LogP contribution in [0.5, 0.6) is 0 Å². The number of carbonyl (C=O) groups is 1. The van der Waals surface area contributed by atoms with Crippen molar-refractivity contribution in [3.05, 3.63) is 0 Å². The largest absolute Gasteiger partial charge is 0.370 e. The molecule has 9 atom stereocenters. The van der Waals surface area contributed by atoms with Gasteiger partial charge < -0.3 is 9.47 Å². The van der Waals surface area contributed by atoms with E-state index in [1.807, 2.05) is 0 Å². The summed E-state index contributed by atoms with van der Waals surface area (Å²) >= 11 is 6.42. The van der Waals surface area contributed by atoms with E-state index < -0.39 is 0 Å². The van der Waals surface area contributed by atoms with Gasteiger partial charge in [-0.25, -0.2) is 0 Å². The Kier molecular flexibility index (Phi) is 3.76. The van der Waals surface area contributed by atoms with Crippen LogP contribution in [0.3, 0.4) is 0 Å². The van der Waals surface area contributed by atoms with E-state index in [4.69, 9.17) is 21.1 Å². The van der Waals surface area contributed by atoms with Crippen LogP contribution >= 0.6 is 11.6 Å². The van der Waals surface area contributed by atoms with Gasteiger partial charge in [-0.05, 0) is 56.8 Å². The second kappa shape index (κ2) is 5.71. The maximum Gasteiger partial charge on any atom is 0.139 e. The van der Waals surface area contributed by atoms with E-state index in [9.17, 15) is 4.79 Å². The summed E-state index contributed by atoms with van der Waals surface area (Å²) < 4.78 is 12.9. The molecule has 0 bridgehead atoms. The molecule has 0 N–H and O–H groups in total. The fraction of sp³-hybridized carbons (Fsp3) is 0.947. The van der Waals surface area contributed by atoms with Crippen molar-refractivity contribution < 1.29 is 14.3 Å². The summed E-state index contributed by atoms with van der Waals surface area (Å²) in [6, 6.07) is 0. The summed E-state index contributed by atoms with van der Waals surface area (Å²) in [6.45, 7) is 0. The first-order chi connectivity index (χ1) is 11.2. The molecule has 4 aliphatic carbocycles. The monoisotopic (exact) mass is 338 g/mol. The highest BCUT2D eigenvalue weighted by Crippen LogP contribution is 2.54. The van der Waals surface area contributed by atoms with Crippen molar-refractivity contribution in [2.75, 3.05) is 0 Å². The lowest BCUT2D eigenvalue weighted by molar-refractivity contribution is -0.248. The standard InChI is InChI=1S/C19H27ClO3/c20-10-5-6-11-12(7-10)13-8-17-18(9-14(13)19(11)21)23-16-4-2-1-3-15(16)22-17/h10-18H,1-9H2. The average molecular weight is 339 g/mol. The van der Waals surface area contributed by atoms with Crippen molar-refractivity contribution in [1.82, 2.24) is 0 Å². The average Bonchev–Trinajstić information content (AvgIpc) is 2.83. The first kappa shape index (κ1) is 15.2. The molecule has 0 radical (unpaired) electrons. The maximum atomic E-state index is 12.9. The Morgan fingerprint density at radius 1 is 0.739 bits per heavy atom. The SMILES string of the molecule is O=C1C2CCC(Cl)CC2C2CC3OC4CCCCC4OC3CC12. The number of carbonyl (C=O) groups excluding carboxylic acids is 1. The molecule has 0 aromatic heterocycles. The Balaban J connectivity index is 1.36. The third-order valence-corrected chi connectivity index (χ3v) is 7.78. The van der Waals surface area contributed by atoms with Gasteiger partial charge in [0.25, 0.3) is 0 Å². The molecule has 23 heavy (non-hydrogen) atoms. The van der Waals surface area contributed by atoms with E-state index in [1.165, 1.54) is 12.8 Å². The zero-order valence-electron chi connectivity index (χ0n) is 13.7. The van der Waals surface area contributed by atoms with Crippen LogP contribution in [0.4, 0.5) is 0 Å². The quantitative estimate of drug-likeness (QED) is 0.631. The highest BCUT2D eigenvalue weighted by Gasteiger charge is 2.57. The zero-order chi connectivity index (χ0) is 15.6. The van der Waals surface area contributed by atoms with E-state index in [1.54, 1.807) is 0 Å². The van der Waals surface area contributed by atoms with Gasteiger partial charge in [-0.2, -0.15) is 0 Å². The molecule has 0 amide bonds. The van der Waals surface area contributed by atoms with Gasteiger partial charge in [0.1, 0.15) is 5.78 Å². The van der Waals surface area contributed by atoms with Gasteiger partial charge in [0.15, 0.2) is 0 Å². The van der Waals surface area contributed by atoms with Crippen molar-refractivity contribution in [3.8, 4) is 0 Å². The van der Waals surface area contributed by atoms with Crippen LogP contribution in [0.1, 0.15) is 57.8 Å². The summed E-state index contributed by atoms with van der Waals surface area (Å²) in [4.78, 5) is 12.9. The fourth-order valence-electron chi connectivity index (χ4n) is 6.32. The Morgan fingerprint density at radius 3 is 2.13 bits per heavy atom. The molecule has 128 valence electrons. The van der Waals surface area contributed by atoms with E-state index in [0.717, 1.165) is 44.9 Å². The number of ether oxygens (including phenoxy) is 2. The van der Waals surface area contributed by atoms with Gasteiger partial charge in [0, 0.05) is 17.2 Å². The van der Waals surface area contributed by atoms with Crippen LogP contribution in [0, 0.1) is 23.7 Å². The second-order valence-corrected chi connectivity index (χ2v) is 9.15. The summed E-state index contributed by atoms with van der Waals surface area (Å²) in [5, 5.41) is 0.270. The molecule has 9 unspecified atom stereocenters. The molecule has 4 heteroatoms. The van der Waals surface area contributed by atoms with Gasteiger partial charge in [-0.15, -0.1) is 11.6 Å². The Morgan fingerprint density at radius 2 is 1.39 bits per heavy atom. The van der Waals surface area contributed by atoms with Gasteiger partial charge in [0.05, 0.1) is 24.4 Å². The fourth-order valence-corrected chi connectivity index (χ4v) is 6.66. The van der Waals surface area contributed by atoms with E-state index in [2.05, 4.69) is 0 Å². The van der Waals surface area contributed by atoms with Gasteiger partial charge in [-0.3, -0.25) is 4.79 Å². The molecule has 5 aliphatic rings. The number of hydrogen-bond acceptors (Lipinski definition) is 3. The Bertz CT molecular complexity index is 495. The van der Waals surface area contributed by atoms with Crippen LogP contribution in [-0.4, -0.2) is 35.6 Å². The summed E-state index contributed by atoms with van der Waals surface area (Å²) in [6.07, 6.45) is 10.8. The van der Waals surface area contributed by atoms with Crippen LogP contribution in [0.25, 0.3) is 0 Å². The van der Waals surface area contributed by atoms with Crippen molar-refractivity contribution in [3.63, 3.8) is 0 Å². The number of hydrogen-bond donors (Lipinski definition) is 0. The molecule has 1 heterocycles. The lowest BCUT2D eigenvalue weighted by Gasteiger charge is -2.49. The van der Waals surface area contributed by atoms with Crippen LogP contribution < -0.4 is 0 Å². The number of fused-ring (bicyclic) bond motifs is 5. The van der Waals surface area contributed by atoms with Gasteiger partial charge >= 0.3 is 0 Å². The third-order valence-electron chi connectivity index (χ3n) is 7.38. The summed E-state index contributed by atoms with van der Waals surface area (Å²) in [7, 11) is 0. The van der Waals surface area contributed by atoms with Crippen LogP contribution in [-0.2, 0) is 14.3 Å². The van der Waals surface area contributed by atoms with E-state index >= 15 is 0 Å². The Labute approximate surface area is 143 Å². The number of halogens is 1. The minimum atomic E-state index is 0.159. The molecule has 0 spiro atoms. The minimum absolute atomic E-state index is 0.159. The van der Waals surface area contributed by atoms with Crippen LogP contribution in [0.2, 0.25) is 0 Å². The first-order valence-electron chi connectivity index (χ1n) is 9.69. The molecule has 0 aromatic carbocycles. The lowest BCUT2D eigenvalue weighted by atomic mass is 9.71. The lowest BCUT2D eigenvalue weighted by Crippen LogP contribution is -2.54. The smallest absolute Gasteiger partial charge is 0.139 e. The maximum absolute atomic E-state index is 12.9. The van der Waals surface area contributed by atoms with E-state index in [-0.39, 0.29) is 35.5 Å². The van der Waals surface area contributed by atoms with Crippen molar-refractivity contribution in [2.24, 2.45) is 23.7 Å². The number of alkyl halides is 1. The summed E-state index contributed by atoms with van der Waals surface area (Å²) in [5.41, 5.74) is 0. The molecule has 3 nitrogen and oxygen atoms in total. The van der Waals surface area contributed by atoms with Crippen LogP contribution in [0.15, 0.2) is 0 Å². The van der Waals surface area contributed by atoms with Gasteiger partial charge in [0.2, 0.25) is 0 Å². The summed E-state index contributed by atoms with van der Waals surface area (Å²) in [5.74, 6) is 2.03. The topological polar surface area (TPSA) is 35.5 Å². The van der Waals surface area contributed by atoms with Crippen molar-refractivity contribution in [2.45, 2.75) is 87.6 Å². The van der Waals surface area contributed by atoms with Crippen molar-refractivity contribution >= 4 is 17.4 Å². The zero-order valence-corrected chi connectivity index (χ0v) is 14.4. The normalized spacial score (nSPS) is 55.5. The molecule has 5 fully saturated rings. The highest BCUT2D eigenvalue weighted by molar-refractivity contribution is 6.20. The predicted octanol–water partition coefficient (Wildman–Crippen LogP) is 3.71. The molecule has 5 rings (SSSR count). The van der Waals surface area contributed by atoms with E-state index in [0.29, 0.717) is 23.7 Å². The van der Waals surface area contributed by atoms with Crippen molar-refractivity contribution in [1.29, 1.82) is 0 Å². The molecule has 1 aliphatic heterocycles.